The van der Waals surface area contributed by atoms with Crippen molar-refractivity contribution in [2.24, 2.45) is 0 Å². The molecule has 0 atom stereocenters. The normalized spacial score (nSPS) is 11.1. The highest BCUT2D eigenvalue weighted by atomic mass is 16.5. The Kier molecular flexibility index (Phi) is 5.49. The van der Waals surface area contributed by atoms with Crippen LogP contribution in [0.1, 0.15) is 32.0 Å². The van der Waals surface area contributed by atoms with Gasteiger partial charge in [0.2, 0.25) is 5.95 Å². The summed E-state index contributed by atoms with van der Waals surface area (Å²) in [6.45, 7) is 8.82. The number of hydrogen-bond donors (Lipinski definition) is 2. The van der Waals surface area contributed by atoms with Crippen LogP contribution < -0.4 is 20.1 Å². The SMILES string of the molecule is COc1ccc(CNc2cc(C)nc(NC(C)(C)C)n2)cc1OC. The van der Waals surface area contributed by atoms with Crippen molar-refractivity contribution in [2.45, 2.75) is 39.8 Å². The largest absolute Gasteiger partial charge is 0.493 e. The fraction of sp³-hybridized carbons (Fsp3) is 0.444. The highest BCUT2D eigenvalue weighted by molar-refractivity contribution is 5.46. The number of methoxy groups -OCH3 is 2. The van der Waals surface area contributed by atoms with Gasteiger partial charge in [0.1, 0.15) is 5.82 Å². The van der Waals surface area contributed by atoms with Crippen molar-refractivity contribution in [3.05, 3.63) is 35.5 Å². The monoisotopic (exact) mass is 330 g/mol. The minimum Gasteiger partial charge on any atom is -0.493 e. The molecule has 24 heavy (non-hydrogen) atoms. The highest BCUT2D eigenvalue weighted by Crippen LogP contribution is 2.27. The van der Waals surface area contributed by atoms with Crippen LogP contribution >= 0.6 is 0 Å². The number of aromatic nitrogens is 2. The maximum Gasteiger partial charge on any atom is 0.225 e. The molecule has 0 saturated carbocycles. The maximum atomic E-state index is 5.33. The molecule has 2 aromatic rings. The minimum absolute atomic E-state index is 0.0889. The minimum atomic E-state index is -0.0889. The number of aryl methyl sites for hydroxylation is 1. The van der Waals surface area contributed by atoms with Gasteiger partial charge in [0, 0.05) is 23.8 Å². The number of rotatable bonds is 6. The molecule has 1 heterocycles. The predicted octanol–water partition coefficient (Wildman–Crippen LogP) is 3.62. The molecule has 0 unspecified atom stereocenters. The van der Waals surface area contributed by atoms with Crippen molar-refractivity contribution < 1.29 is 9.47 Å². The van der Waals surface area contributed by atoms with Crippen molar-refractivity contribution in [1.82, 2.24) is 9.97 Å². The first-order chi connectivity index (χ1) is 11.3. The molecule has 130 valence electrons. The Hall–Kier alpha value is -2.50. The van der Waals surface area contributed by atoms with Crippen molar-refractivity contribution in [1.29, 1.82) is 0 Å². The average molecular weight is 330 g/mol. The van der Waals surface area contributed by atoms with E-state index in [0.717, 1.165) is 22.8 Å². The van der Waals surface area contributed by atoms with Crippen molar-refractivity contribution >= 4 is 11.8 Å². The van der Waals surface area contributed by atoms with Crippen LogP contribution in [0.15, 0.2) is 24.3 Å². The smallest absolute Gasteiger partial charge is 0.225 e. The lowest BCUT2D eigenvalue weighted by molar-refractivity contribution is 0.354. The van der Waals surface area contributed by atoms with E-state index < -0.39 is 0 Å². The molecular formula is C18H26N4O2. The second-order valence-electron chi connectivity index (χ2n) is 6.64. The van der Waals surface area contributed by atoms with Crippen molar-refractivity contribution in [3.8, 4) is 11.5 Å². The Morgan fingerprint density at radius 2 is 1.71 bits per heavy atom. The van der Waals surface area contributed by atoms with E-state index in [9.17, 15) is 0 Å². The van der Waals surface area contributed by atoms with E-state index in [4.69, 9.17) is 9.47 Å². The summed E-state index contributed by atoms with van der Waals surface area (Å²) in [5.74, 6) is 2.84. The second-order valence-corrected chi connectivity index (χ2v) is 6.64. The van der Waals surface area contributed by atoms with E-state index in [-0.39, 0.29) is 5.54 Å². The lowest BCUT2D eigenvalue weighted by atomic mass is 10.1. The zero-order chi connectivity index (χ0) is 17.7. The number of ether oxygens (including phenoxy) is 2. The summed E-state index contributed by atoms with van der Waals surface area (Å²) >= 11 is 0. The third-order valence-electron chi connectivity index (χ3n) is 3.26. The van der Waals surface area contributed by atoms with Gasteiger partial charge in [-0.05, 0) is 45.4 Å². The Bertz CT molecular complexity index is 696. The first kappa shape index (κ1) is 17.8. The molecule has 2 N–H and O–H groups in total. The lowest BCUT2D eigenvalue weighted by Gasteiger charge is -2.21. The number of benzene rings is 1. The summed E-state index contributed by atoms with van der Waals surface area (Å²) < 4.78 is 10.6. The first-order valence-corrected chi connectivity index (χ1v) is 7.89. The number of nitrogens with zero attached hydrogens (tertiary/aromatic N) is 2. The molecule has 2 rings (SSSR count). The molecule has 0 radical (unpaired) electrons. The van der Waals surface area contributed by atoms with Crippen LogP contribution in [0.25, 0.3) is 0 Å². The van der Waals surface area contributed by atoms with Crippen LogP contribution in [0, 0.1) is 6.92 Å². The van der Waals surface area contributed by atoms with Gasteiger partial charge < -0.3 is 20.1 Å². The third-order valence-corrected chi connectivity index (χ3v) is 3.26. The standard InChI is InChI=1S/C18H26N4O2/c1-12-9-16(21-17(20-12)22-18(2,3)4)19-11-13-7-8-14(23-5)15(10-13)24-6/h7-10H,11H2,1-6H3,(H2,19,20,21,22). The first-order valence-electron chi connectivity index (χ1n) is 7.89. The molecule has 0 bridgehead atoms. The molecule has 1 aromatic heterocycles. The van der Waals surface area contributed by atoms with Gasteiger partial charge in [0.25, 0.3) is 0 Å². The van der Waals surface area contributed by atoms with Gasteiger partial charge in [-0.3, -0.25) is 0 Å². The Morgan fingerprint density at radius 1 is 1.00 bits per heavy atom. The van der Waals surface area contributed by atoms with Crippen LogP contribution in [0.4, 0.5) is 11.8 Å². The van der Waals surface area contributed by atoms with Crippen molar-refractivity contribution in [2.75, 3.05) is 24.9 Å². The van der Waals surface area contributed by atoms with E-state index in [1.54, 1.807) is 14.2 Å². The Morgan fingerprint density at radius 3 is 2.33 bits per heavy atom. The van der Waals surface area contributed by atoms with E-state index >= 15 is 0 Å². The van der Waals surface area contributed by atoms with Gasteiger partial charge in [-0.25, -0.2) is 4.98 Å². The molecule has 6 heteroatoms. The van der Waals surface area contributed by atoms with Crippen LogP contribution in [-0.4, -0.2) is 29.7 Å². The molecular weight excluding hydrogens is 304 g/mol. The molecule has 0 aliphatic carbocycles. The number of anilines is 2. The van der Waals surface area contributed by atoms with E-state index in [1.807, 2.05) is 31.2 Å². The predicted molar refractivity (Wildman–Crippen MR) is 97.0 cm³/mol. The van der Waals surface area contributed by atoms with Crippen LogP contribution in [-0.2, 0) is 6.54 Å². The van der Waals surface area contributed by atoms with Gasteiger partial charge in [-0.15, -0.1) is 0 Å². The van der Waals surface area contributed by atoms with E-state index in [1.165, 1.54) is 0 Å². The second kappa shape index (κ2) is 7.38. The number of hydrogen-bond acceptors (Lipinski definition) is 6. The van der Waals surface area contributed by atoms with Gasteiger partial charge in [0.15, 0.2) is 11.5 Å². The Balaban J connectivity index is 2.11. The van der Waals surface area contributed by atoms with Gasteiger partial charge in [0.05, 0.1) is 14.2 Å². The molecule has 0 aliphatic heterocycles. The summed E-state index contributed by atoms with van der Waals surface area (Å²) in [4.78, 5) is 8.95. The summed E-state index contributed by atoms with van der Waals surface area (Å²) in [5.41, 5.74) is 1.90. The van der Waals surface area contributed by atoms with Crippen LogP contribution in [0.2, 0.25) is 0 Å². The molecule has 0 spiro atoms. The zero-order valence-electron chi connectivity index (χ0n) is 15.2. The molecule has 0 fully saturated rings. The Labute approximate surface area is 143 Å². The molecule has 0 aliphatic rings. The fourth-order valence-electron chi connectivity index (χ4n) is 2.23. The van der Waals surface area contributed by atoms with Gasteiger partial charge in [-0.2, -0.15) is 4.98 Å². The van der Waals surface area contributed by atoms with Gasteiger partial charge in [-0.1, -0.05) is 6.07 Å². The van der Waals surface area contributed by atoms with E-state index in [0.29, 0.717) is 18.2 Å². The average Bonchev–Trinajstić information content (AvgIpc) is 2.50. The zero-order valence-corrected chi connectivity index (χ0v) is 15.2. The molecule has 0 saturated heterocycles. The van der Waals surface area contributed by atoms with Crippen LogP contribution in [0.3, 0.4) is 0 Å². The van der Waals surface area contributed by atoms with Crippen LogP contribution in [0.5, 0.6) is 11.5 Å². The van der Waals surface area contributed by atoms with Gasteiger partial charge >= 0.3 is 0 Å². The lowest BCUT2D eigenvalue weighted by Crippen LogP contribution is -2.27. The summed E-state index contributed by atoms with van der Waals surface area (Å²) in [6, 6.07) is 7.77. The summed E-state index contributed by atoms with van der Waals surface area (Å²) in [6.07, 6.45) is 0. The van der Waals surface area contributed by atoms with Crippen molar-refractivity contribution in [3.63, 3.8) is 0 Å². The topological polar surface area (TPSA) is 68.3 Å². The summed E-state index contributed by atoms with van der Waals surface area (Å²) in [7, 11) is 3.26. The third kappa shape index (κ3) is 5.01. The fourth-order valence-corrected chi connectivity index (χ4v) is 2.23. The molecule has 1 aromatic carbocycles. The quantitative estimate of drug-likeness (QED) is 0.843. The number of nitrogens with one attached hydrogen (secondary N) is 2. The summed E-state index contributed by atoms with van der Waals surface area (Å²) in [5, 5.41) is 6.62. The highest BCUT2D eigenvalue weighted by Gasteiger charge is 2.12. The van der Waals surface area contributed by atoms with E-state index in [2.05, 4.69) is 41.4 Å². The molecule has 0 amide bonds. The molecule has 6 nitrogen and oxygen atoms in total. The maximum absolute atomic E-state index is 5.33.